The smallest absolute Gasteiger partial charge is 0.327 e. The Morgan fingerprint density at radius 2 is 1.84 bits per heavy atom. The number of nitrogens with one attached hydrogen (secondary N) is 1. The molecule has 2 bridgehead atoms. The van der Waals surface area contributed by atoms with Crippen molar-refractivity contribution in [2.45, 2.75) is 31.7 Å². The molecule has 7 rings (SSSR count). The second kappa shape index (κ2) is 8.99. The highest BCUT2D eigenvalue weighted by atomic mass is 19.3. The van der Waals surface area contributed by atoms with Crippen molar-refractivity contribution in [3.05, 3.63) is 78.8 Å². The number of hydrogen-bond donors (Lipinski definition) is 1. The molecule has 2 aromatic carbocycles. The second-order valence-electron chi connectivity index (χ2n) is 9.47. The number of aromatic nitrogens is 2. The number of halogens is 2. The van der Waals surface area contributed by atoms with Gasteiger partial charge in [0.2, 0.25) is 0 Å². The Morgan fingerprint density at radius 1 is 1.05 bits per heavy atom. The van der Waals surface area contributed by atoms with E-state index in [9.17, 15) is 13.6 Å². The van der Waals surface area contributed by atoms with Crippen molar-refractivity contribution in [2.75, 3.05) is 28.2 Å². The molecule has 188 valence electrons. The fraction of sp³-hybridized carbons (Fsp3) is 0.250. The molecule has 7 nitrogen and oxygen atoms in total. The van der Waals surface area contributed by atoms with E-state index in [1.54, 1.807) is 23.2 Å². The zero-order valence-electron chi connectivity index (χ0n) is 20.2. The molecule has 3 aliphatic rings. The first-order chi connectivity index (χ1) is 17.9. The summed E-state index contributed by atoms with van der Waals surface area (Å²) < 4.78 is 33.4. The largest absolute Gasteiger partial charge is 0.444 e. The average molecular weight is 502 g/mol. The number of alkyl halides is 2. The van der Waals surface area contributed by atoms with Crippen molar-refractivity contribution < 1.29 is 18.0 Å². The Morgan fingerprint density at radius 3 is 2.59 bits per heavy atom. The van der Waals surface area contributed by atoms with Crippen LogP contribution in [0.1, 0.15) is 25.3 Å². The lowest BCUT2D eigenvalue weighted by atomic mass is 10.0. The number of benzene rings is 2. The summed E-state index contributed by atoms with van der Waals surface area (Å²) in [6.07, 6.45) is 4.61. The van der Waals surface area contributed by atoms with Crippen LogP contribution in [0, 0.1) is 0 Å². The molecular formula is C28H25F2N5O2. The van der Waals surface area contributed by atoms with Crippen LogP contribution in [-0.4, -0.2) is 35.1 Å². The Hall–Kier alpha value is -4.27. The maximum absolute atomic E-state index is 14.0. The number of anilines is 3. The van der Waals surface area contributed by atoms with Crippen LogP contribution in [0.25, 0.3) is 22.6 Å². The molecule has 1 fully saturated rings. The molecule has 2 aromatic heterocycles. The quantitative estimate of drug-likeness (QED) is 0.344. The molecule has 0 spiro atoms. The summed E-state index contributed by atoms with van der Waals surface area (Å²) in [5, 5.41) is 3.02. The minimum Gasteiger partial charge on any atom is -0.444 e. The van der Waals surface area contributed by atoms with Crippen LogP contribution in [0.3, 0.4) is 0 Å². The molecule has 1 saturated heterocycles. The van der Waals surface area contributed by atoms with Crippen molar-refractivity contribution in [1.82, 2.24) is 9.97 Å². The number of pyridine rings is 1. The predicted octanol–water partition coefficient (Wildman–Crippen LogP) is 6.54. The van der Waals surface area contributed by atoms with Crippen molar-refractivity contribution in [2.24, 2.45) is 0 Å². The summed E-state index contributed by atoms with van der Waals surface area (Å²) in [4.78, 5) is 26.5. The van der Waals surface area contributed by atoms with Gasteiger partial charge in [-0.15, -0.1) is 0 Å². The molecule has 0 saturated carbocycles. The highest BCUT2D eigenvalue weighted by Gasteiger charge is 2.37. The number of oxazole rings is 1. The van der Waals surface area contributed by atoms with Crippen LogP contribution in [0.5, 0.6) is 0 Å². The number of amides is 2. The number of nitrogens with zero attached hydrogens (tertiary/aromatic N) is 4. The van der Waals surface area contributed by atoms with Gasteiger partial charge in [0.15, 0.2) is 18.0 Å². The number of fused-ring (bicyclic) bond motifs is 2. The highest BCUT2D eigenvalue weighted by Crippen LogP contribution is 2.40. The van der Waals surface area contributed by atoms with Gasteiger partial charge in [-0.05, 0) is 43.2 Å². The molecular weight excluding hydrogens is 476 g/mol. The highest BCUT2D eigenvalue weighted by molar-refractivity contribution is 6.04. The normalized spacial score (nSPS) is 15.4. The molecule has 3 aliphatic heterocycles. The maximum atomic E-state index is 14.0. The van der Waals surface area contributed by atoms with Crippen LogP contribution in [-0.2, 0) is 5.92 Å². The fourth-order valence-corrected chi connectivity index (χ4v) is 5.07. The van der Waals surface area contributed by atoms with Gasteiger partial charge in [-0.25, -0.2) is 23.5 Å². The van der Waals surface area contributed by atoms with Crippen LogP contribution in [0.15, 0.2) is 77.7 Å². The molecule has 4 aromatic rings. The van der Waals surface area contributed by atoms with Crippen LogP contribution >= 0.6 is 0 Å². The standard InChI is InChI=1S/C28H25F2N5O2/c1-28(29,30)20-6-2-4-18(14-20)23-8-9-24-26(33-23)35(22-10-12-34(24)13-11-22)27(36)32-21-7-3-5-19(15-21)25-16-31-17-37-25/h2-9,14-17,22H,10-13H2,1H3,(H,32,36). The van der Waals surface area contributed by atoms with Crippen LogP contribution in [0.4, 0.5) is 30.8 Å². The van der Waals surface area contributed by atoms with Gasteiger partial charge in [-0.2, -0.15) is 0 Å². The summed E-state index contributed by atoms with van der Waals surface area (Å²) in [6.45, 7) is 2.52. The Bertz CT molecular complexity index is 1440. The van der Waals surface area contributed by atoms with Gasteiger partial charge < -0.3 is 14.6 Å². The zero-order chi connectivity index (χ0) is 25.6. The maximum Gasteiger partial charge on any atom is 0.327 e. The molecule has 0 radical (unpaired) electrons. The van der Waals surface area contributed by atoms with Gasteiger partial charge >= 0.3 is 6.03 Å². The lowest BCUT2D eigenvalue weighted by molar-refractivity contribution is 0.0175. The lowest BCUT2D eigenvalue weighted by Crippen LogP contribution is -2.46. The Balaban J connectivity index is 1.36. The first kappa shape index (κ1) is 23.1. The lowest BCUT2D eigenvalue weighted by Gasteiger charge is -2.31. The number of urea groups is 1. The summed E-state index contributed by atoms with van der Waals surface area (Å²) in [5.41, 5.74) is 3.32. The van der Waals surface area contributed by atoms with E-state index >= 15 is 0 Å². The molecule has 37 heavy (non-hydrogen) atoms. The molecule has 1 N–H and O–H groups in total. The van der Waals surface area contributed by atoms with E-state index in [0.29, 0.717) is 28.5 Å². The topological polar surface area (TPSA) is 74.5 Å². The molecule has 0 atom stereocenters. The van der Waals surface area contributed by atoms with Crippen molar-refractivity contribution in [3.63, 3.8) is 0 Å². The summed E-state index contributed by atoms with van der Waals surface area (Å²) >= 11 is 0. The van der Waals surface area contributed by atoms with Gasteiger partial charge in [0.25, 0.3) is 5.92 Å². The number of piperidine rings is 1. The zero-order valence-corrected chi connectivity index (χ0v) is 20.2. The summed E-state index contributed by atoms with van der Waals surface area (Å²) in [6, 6.07) is 17.1. The molecule has 0 aliphatic carbocycles. The van der Waals surface area contributed by atoms with Gasteiger partial charge in [0.05, 0.1) is 17.6 Å². The van der Waals surface area contributed by atoms with E-state index < -0.39 is 5.92 Å². The van der Waals surface area contributed by atoms with Crippen LogP contribution < -0.4 is 15.1 Å². The second-order valence-corrected chi connectivity index (χ2v) is 9.47. The number of hydrogen-bond acceptors (Lipinski definition) is 5. The van der Waals surface area contributed by atoms with Gasteiger partial charge in [0.1, 0.15) is 0 Å². The minimum absolute atomic E-state index is 0.0241. The first-order valence-electron chi connectivity index (χ1n) is 12.2. The van der Waals surface area contributed by atoms with Crippen molar-refractivity contribution in [3.8, 4) is 22.6 Å². The number of rotatable bonds is 4. The molecule has 0 unspecified atom stereocenters. The van der Waals surface area contributed by atoms with E-state index in [0.717, 1.165) is 44.1 Å². The molecule has 5 heterocycles. The number of carbonyl (C=O) groups is 1. The Kier molecular flexibility index (Phi) is 5.62. The average Bonchev–Trinajstić information content (AvgIpc) is 3.34. The third-order valence-corrected chi connectivity index (χ3v) is 6.97. The first-order valence-corrected chi connectivity index (χ1v) is 12.2. The van der Waals surface area contributed by atoms with Gasteiger partial charge in [-0.1, -0.05) is 30.3 Å². The van der Waals surface area contributed by atoms with E-state index in [1.807, 2.05) is 36.4 Å². The SMILES string of the molecule is CC(F)(F)c1cccc(-c2ccc3c(n2)N(C(=O)Nc2cccc(-c4cnco4)c2)C2CCN3CC2)c1. The van der Waals surface area contributed by atoms with E-state index in [4.69, 9.17) is 9.40 Å². The third-order valence-electron chi connectivity index (χ3n) is 6.97. The summed E-state index contributed by atoms with van der Waals surface area (Å²) in [5.74, 6) is -1.82. The van der Waals surface area contributed by atoms with E-state index in [1.165, 1.54) is 18.5 Å². The van der Waals surface area contributed by atoms with Crippen LogP contribution in [0.2, 0.25) is 0 Å². The molecule has 9 heteroatoms. The fourth-order valence-electron chi connectivity index (χ4n) is 5.07. The van der Waals surface area contributed by atoms with Crippen molar-refractivity contribution in [1.29, 1.82) is 0 Å². The molecule has 2 amide bonds. The van der Waals surface area contributed by atoms with Crippen molar-refractivity contribution >= 4 is 23.2 Å². The Labute approximate surface area is 212 Å². The van der Waals surface area contributed by atoms with Gasteiger partial charge in [-0.3, -0.25) is 4.90 Å². The van der Waals surface area contributed by atoms with Gasteiger partial charge in [0, 0.05) is 48.4 Å². The third kappa shape index (κ3) is 4.41. The van der Waals surface area contributed by atoms with E-state index in [-0.39, 0.29) is 17.6 Å². The minimum atomic E-state index is -2.96. The number of carbonyl (C=O) groups excluding carboxylic acids is 1. The monoisotopic (exact) mass is 501 g/mol. The summed E-state index contributed by atoms with van der Waals surface area (Å²) in [7, 11) is 0. The predicted molar refractivity (Wildman–Crippen MR) is 138 cm³/mol. The van der Waals surface area contributed by atoms with E-state index in [2.05, 4.69) is 15.2 Å².